The van der Waals surface area contributed by atoms with Crippen LogP contribution < -0.4 is 5.56 Å². The van der Waals surface area contributed by atoms with Crippen molar-refractivity contribution in [3.63, 3.8) is 0 Å². The van der Waals surface area contributed by atoms with E-state index in [9.17, 15) is 13.2 Å². The van der Waals surface area contributed by atoms with Crippen molar-refractivity contribution in [2.45, 2.75) is 23.4 Å². The normalized spacial score (nSPS) is 11.9. The number of rotatable bonds is 4. The molecule has 3 rings (SSSR count). The maximum atomic E-state index is 12.4. The molecule has 1 aromatic carbocycles. The Bertz CT molecular complexity index is 975. The minimum atomic E-state index is -3.60. The largest absolute Gasteiger partial charge is 0.278 e. The van der Waals surface area contributed by atoms with Crippen molar-refractivity contribution < 1.29 is 8.42 Å². The van der Waals surface area contributed by atoms with Gasteiger partial charge in [0, 0.05) is 11.8 Å². The maximum Gasteiger partial charge on any atom is 0.278 e. The number of aromatic nitrogens is 3. The molecule has 0 unspecified atom stereocenters. The third-order valence-electron chi connectivity index (χ3n) is 3.19. The molecular formula is C14H13N3O3S2. The van der Waals surface area contributed by atoms with Gasteiger partial charge in [0.2, 0.25) is 19.1 Å². The van der Waals surface area contributed by atoms with Gasteiger partial charge in [-0.3, -0.25) is 4.79 Å². The van der Waals surface area contributed by atoms with Gasteiger partial charge in [-0.15, -0.1) is 5.10 Å². The topological polar surface area (TPSA) is 81.4 Å². The van der Waals surface area contributed by atoms with Gasteiger partial charge in [-0.25, -0.2) is 13.4 Å². The van der Waals surface area contributed by atoms with E-state index in [1.165, 1.54) is 6.20 Å². The summed E-state index contributed by atoms with van der Waals surface area (Å²) in [5.41, 5.74) is 0.871. The van der Waals surface area contributed by atoms with Crippen LogP contribution >= 0.6 is 11.3 Å². The molecule has 0 N–H and O–H groups in total. The summed E-state index contributed by atoms with van der Waals surface area (Å²) in [4.78, 5) is 16.5. The smallest absolute Gasteiger partial charge is 0.267 e. The minimum absolute atomic E-state index is 0.0887. The molecule has 0 bridgehead atoms. The van der Waals surface area contributed by atoms with Gasteiger partial charge in [0.15, 0.2) is 0 Å². The van der Waals surface area contributed by atoms with Crippen LogP contribution in [0.5, 0.6) is 0 Å². The highest BCUT2D eigenvalue weighted by Crippen LogP contribution is 2.21. The van der Waals surface area contributed by atoms with Gasteiger partial charge < -0.3 is 0 Å². The van der Waals surface area contributed by atoms with E-state index in [4.69, 9.17) is 0 Å². The fourth-order valence-corrected chi connectivity index (χ4v) is 4.49. The number of aryl methyl sites for hydroxylation is 1. The van der Waals surface area contributed by atoms with Crippen molar-refractivity contribution in [1.29, 1.82) is 0 Å². The second kappa shape index (κ2) is 5.62. The molecule has 0 fully saturated rings. The quantitative estimate of drug-likeness (QED) is 0.725. The van der Waals surface area contributed by atoms with E-state index in [1.807, 2.05) is 13.0 Å². The molecule has 6 nitrogen and oxygen atoms in total. The number of hydrogen-bond acceptors (Lipinski definition) is 6. The first-order chi connectivity index (χ1) is 10.5. The van der Waals surface area contributed by atoms with Crippen molar-refractivity contribution in [3.8, 4) is 0 Å². The van der Waals surface area contributed by atoms with Crippen molar-refractivity contribution >= 4 is 26.1 Å². The Morgan fingerprint density at radius 1 is 1.23 bits per heavy atom. The van der Waals surface area contributed by atoms with Gasteiger partial charge >= 0.3 is 0 Å². The summed E-state index contributed by atoms with van der Waals surface area (Å²) in [6.45, 7) is 1.84. The number of hydrogen-bond donors (Lipinski definition) is 0. The summed E-state index contributed by atoms with van der Waals surface area (Å²) in [6, 6.07) is 8.87. The molecule has 0 radical (unpaired) electrons. The molecule has 114 valence electrons. The van der Waals surface area contributed by atoms with Gasteiger partial charge in [0.1, 0.15) is 0 Å². The first-order valence-electron chi connectivity index (χ1n) is 6.65. The highest BCUT2D eigenvalue weighted by molar-refractivity contribution is 7.92. The number of nitrogens with zero attached hydrogens (tertiary/aromatic N) is 3. The van der Waals surface area contributed by atoms with Gasteiger partial charge in [0.25, 0.3) is 5.56 Å². The van der Waals surface area contributed by atoms with Crippen molar-refractivity contribution in [1.82, 2.24) is 14.6 Å². The molecular weight excluding hydrogens is 322 g/mol. The molecule has 0 saturated heterocycles. The van der Waals surface area contributed by atoms with Crippen LogP contribution in [0.4, 0.5) is 0 Å². The van der Waals surface area contributed by atoms with E-state index in [1.54, 1.807) is 24.3 Å². The molecule has 3 aromatic rings. The van der Waals surface area contributed by atoms with E-state index in [0.717, 1.165) is 15.9 Å². The Kier molecular flexibility index (Phi) is 3.79. The second-order valence-corrected chi connectivity index (χ2v) is 7.87. The summed E-state index contributed by atoms with van der Waals surface area (Å²) in [5, 5.41) is 3.96. The molecule has 0 saturated carbocycles. The molecule has 8 heteroatoms. The molecule has 0 atom stereocenters. The molecule has 0 amide bonds. The van der Waals surface area contributed by atoms with E-state index in [2.05, 4.69) is 10.1 Å². The molecule has 2 heterocycles. The van der Waals surface area contributed by atoms with Gasteiger partial charge in [-0.05, 0) is 12.0 Å². The zero-order valence-corrected chi connectivity index (χ0v) is 13.4. The summed E-state index contributed by atoms with van der Waals surface area (Å²) in [7, 11) is -3.60. The van der Waals surface area contributed by atoms with E-state index < -0.39 is 9.84 Å². The lowest BCUT2D eigenvalue weighted by Gasteiger charge is -1.99. The minimum Gasteiger partial charge on any atom is -0.267 e. The molecule has 22 heavy (non-hydrogen) atoms. The summed E-state index contributed by atoms with van der Waals surface area (Å²) in [6.07, 6.45) is 2.00. The van der Waals surface area contributed by atoms with Crippen molar-refractivity contribution in [2.75, 3.05) is 0 Å². The van der Waals surface area contributed by atoms with Crippen molar-refractivity contribution in [3.05, 3.63) is 58.0 Å². The van der Waals surface area contributed by atoms with Crippen LogP contribution in [-0.4, -0.2) is 23.0 Å². The third-order valence-corrected chi connectivity index (χ3v) is 6.24. The average Bonchev–Trinajstić information content (AvgIpc) is 2.94. The highest BCUT2D eigenvalue weighted by atomic mass is 32.2. The predicted molar refractivity (Wildman–Crippen MR) is 83.8 cm³/mol. The lowest BCUT2D eigenvalue weighted by Crippen LogP contribution is -2.19. The summed E-state index contributed by atoms with van der Waals surface area (Å²) >= 11 is 0.910. The average molecular weight is 335 g/mol. The van der Waals surface area contributed by atoms with Crippen LogP contribution in [-0.2, 0) is 22.0 Å². The zero-order valence-electron chi connectivity index (χ0n) is 11.8. The Balaban J connectivity index is 2.06. The first kappa shape index (κ1) is 14.9. The van der Waals surface area contributed by atoms with Gasteiger partial charge in [-0.2, -0.15) is 4.52 Å². The van der Waals surface area contributed by atoms with Crippen LogP contribution in [0.1, 0.15) is 18.1 Å². The Morgan fingerprint density at radius 2 is 1.95 bits per heavy atom. The number of benzene rings is 1. The Hall–Kier alpha value is -2.06. The highest BCUT2D eigenvalue weighted by Gasteiger charge is 2.22. The number of fused-ring (bicyclic) bond motifs is 1. The molecule has 0 aliphatic carbocycles. The van der Waals surface area contributed by atoms with Crippen molar-refractivity contribution in [2.24, 2.45) is 0 Å². The van der Waals surface area contributed by atoms with Gasteiger partial charge in [0.05, 0.1) is 5.75 Å². The fraction of sp³-hybridized carbons (Fsp3) is 0.214. The zero-order chi connectivity index (χ0) is 15.7. The second-order valence-electron chi connectivity index (χ2n) is 4.75. The van der Waals surface area contributed by atoms with Crippen LogP contribution in [0.2, 0.25) is 0 Å². The Morgan fingerprint density at radius 3 is 2.64 bits per heavy atom. The Labute approximate surface area is 131 Å². The van der Waals surface area contributed by atoms with E-state index in [0.29, 0.717) is 17.5 Å². The molecule has 0 aliphatic heterocycles. The van der Waals surface area contributed by atoms with Crippen LogP contribution in [0.15, 0.2) is 45.7 Å². The predicted octanol–water partition coefficient (Wildman–Crippen LogP) is 1.69. The fourth-order valence-electron chi connectivity index (χ4n) is 2.03. The van der Waals surface area contributed by atoms with Crippen LogP contribution in [0.25, 0.3) is 4.96 Å². The standard InChI is InChI=1S/C14H13N3O3S2/c1-2-11-8-15-13-17(12(11)18)16-14(21-13)22(19,20)9-10-6-4-3-5-7-10/h3-8H,2,9H2,1H3. The third kappa shape index (κ3) is 2.67. The van der Waals surface area contributed by atoms with E-state index in [-0.39, 0.29) is 20.6 Å². The molecule has 0 spiro atoms. The lowest BCUT2D eigenvalue weighted by atomic mass is 10.2. The molecule has 2 aromatic heterocycles. The first-order valence-corrected chi connectivity index (χ1v) is 9.12. The monoisotopic (exact) mass is 335 g/mol. The van der Waals surface area contributed by atoms with Gasteiger partial charge in [-0.1, -0.05) is 48.6 Å². The van der Waals surface area contributed by atoms with Crippen LogP contribution in [0.3, 0.4) is 0 Å². The summed E-state index contributed by atoms with van der Waals surface area (Å²) < 4.78 is 25.9. The number of sulfone groups is 1. The van der Waals surface area contributed by atoms with Crippen LogP contribution in [0, 0.1) is 0 Å². The van der Waals surface area contributed by atoms with E-state index >= 15 is 0 Å². The SMILES string of the molecule is CCc1cnc2sc(S(=O)(=O)Cc3ccccc3)nn2c1=O. The lowest BCUT2D eigenvalue weighted by molar-refractivity contribution is 0.592. The summed E-state index contributed by atoms with van der Waals surface area (Å²) in [5.74, 6) is -0.150. The maximum absolute atomic E-state index is 12.4. The molecule has 0 aliphatic rings.